The fourth-order valence-electron chi connectivity index (χ4n) is 1.37. The van der Waals surface area contributed by atoms with Crippen molar-refractivity contribution < 1.29 is 4.39 Å². The van der Waals surface area contributed by atoms with Crippen LogP contribution in [-0.2, 0) is 0 Å². The van der Waals surface area contributed by atoms with E-state index in [4.69, 9.17) is 17.3 Å². The normalized spacial score (nSPS) is 10.9. The summed E-state index contributed by atoms with van der Waals surface area (Å²) in [6.07, 6.45) is 1.58. The minimum Gasteiger partial charge on any atom is -0.395 e. The second-order valence-corrected chi connectivity index (χ2v) is 4.47. The minimum absolute atomic E-state index is 0.0151. The number of aromatic nitrogens is 1. The van der Waals surface area contributed by atoms with E-state index in [1.54, 1.807) is 12.3 Å². The highest BCUT2D eigenvalue weighted by Gasteiger charge is 2.13. The zero-order chi connectivity index (χ0) is 11.2. The molecule has 2 N–H and O–H groups in total. The average molecular weight is 290 g/mol. The van der Waals surface area contributed by atoms with Gasteiger partial charge in [0, 0.05) is 11.6 Å². The first-order valence-corrected chi connectivity index (χ1v) is 5.37. The van der Waals surface area contributed by atoms with Crippen LogP contribution in [0.1, 0.15) is 5.56 Å². The first kappa shape index (κ1) is 10.6. The molecule has 0 bridgehead atoms. The molecule has 0 spiro atoms. The molecule has 0 radical (unpaired) electrons. The highest BCUT2D eigenvalue weighted by Crippen LogP contribution is 2.33. The predicted octanol–water partition coefficient (Wildman–Crippen LogP) is 3.68. The number of pyridine rings is 1. The number of benzene rings is 1. The molecule has 1 aromatic heterocycles. The summed E-state index contributed by atoms with van der Waals surface area (Å²) in [6, 6.07) is 1.59. The summed E-state index contributed by atoms with van der Waals surface area (Å²) >= 11 is 9.17. The Labute approximate surface area is 99.4 Å². The van der Waals surface area contributed by atoms with E-state index in [0.717, 1.165) is 5.56 Å². The second-order valence-electron chi connectivity index (χ2n) is 3.24. The fourth-order valence-corrected chi connectivity index (χ4v) is 2.01. The molecule has 5 heteroatoms. The number of nitrogens with zero attached hydrogens (tertiary/aromatic N) is 1. The maximum atomic E-state index is 13.4. The lowest BCUT2D eigenvalue weighted by atomic mass is 10.1. The molecule has 0 amide bonds. The van der Waals surface area contributed by atoms with Gasteiger partial charge in [-0.3, -0.25) is 4.98 Å². The summed E-state index contributed by atoms with van der Waals surface area (Å²) in [7, 11) is 0. The Bertz CT molecular complexity index is 557. The average Bonchev–Trinajstić information content (AvgIpc) is 2.21. The maximum absolute atomic E-state index is 13.4. The predicted molar refractivity (Wildman–Crippen MR) is 63.6 cm³/mol. The Hall–Kier alpha value is -0.870. The fraction of sp³-hybridized carbons (Fsp3) is 0.100. The Morgan fingerprint density at radius 1 is 1.53 bits per heavy atom. The molecule has 0 aliphatic heterocycles. The zero-order valence-electron chi connectivity index (χ0n) is 7.81. The van der Waals surface area contributed by atoms with Gasteiger partial charge in [-0.25, -0.2) is 4.39 Å². The summed E-state index contributed by atoms with van der Waals surface area (Å²) in [5.41, 5.74) is 6.86. The molecule has 0 aliphatic carbocycles. The van der Waals surface area contributed by atoms with Gasteiger partial charge in [-0.15, -0.1) is 0 Å². The van der Waals surface area contributed by atoms with Crippen LogP contribution in [0.15, 0.2) is 16.7 Å². The summed E-state index contributed by atoms with van der Waals surface area (Å²) in [6.45, 7) is 1.84. The highest BCUT2D eigenvalue weighted by atomic mass is 79.9. The van der Waals surface area contributed by atoms with Crippen LogP contribution in [0.5, 0.6) is 0 Å². The van der Waals surface area contributed by atoms with Crippen molar-refractivity contribution in [3.05, 3.63) is 33.1 Å². The number of hydrogen-bond donors (Lipinski definition) is 1. The van der Waals surface area contributed by atoms with Crippen molar-refractivity contribution in [2.24, 2.45) is 0 Å². The van der Waals surface area contributed by atoms with Gasteiger partial charge in [-0.05, 0) is 34.5 Å². The summed E-state index contributed by atoms with van der Waals surface area (Å²) < 4.78 is 13.7. The third-order valence-corrected chi connectivity index (χ3v) is 3.28. The number of nitrogen functional groups attached to an aromatic ring is 1. The Kier molecular flexibility index (Phi) is 2.56. The van der Waals surface area contributed by atoms with Gasteiger partial charge in [-0.2, -0.15) is 0 Å². The number of nitrogens with two attached hydrogens (primary N) is 1. The second kappa shape index (κ2) is 3.61. The summed E-state index contributed by atoms with van der Waals surface area (Å²) in [5.74, 6) is -0.505. The van der Waals surface area contributed by atoms with E-state index in [0.29, 0.717) is 20.4 Å². The monoisotopic (exact) mass is 288 g/mol. The van der Waals surface area contributed by atoms with Crippen molar-refractivity contribution >= 4 is 44.1 Å². The zero-order valence-corrected chi connectivity index (χ0v) is 10.2. The molecule has 1 heterocycles. The van der Waals surface area contributed by atoms with E-state index in [1.165, 1.54) is 0 Å². The van der Waals surface area contributed by atoms with Crippen LogP contribution in [0.2, 0.25) is 5.02 Å². The molecule has 0 saturated heterocycles. The van der Waals surface area contributed by atoms with Crippen molar-refractivity contribution in [1.29, 1.82) is 0 Å². The van der Waals surface area contributed by atoms with Gasteiger partial charge in [0.2, 0.25) is 0 Å². The van der Waals surface area contributed by atoms with Gasteiger partial charge in [0.25, 0.3) is 0 Å². The largest absolute Gasteiger partial charge is 0.395 e. The van der Waals surface area contributed by atoms with E-state index in [1.807, 2.05) is 6.92 Å². The number of fused-ring (bicyclic) bond motifs is 1. The SMILES string of the molecule is Cc1cnc2c(N)c(F)c(Br)cc2c1Cl. The van der Waals surface area contributed by atoms with Crippen LogP contribution in [-0.4, -0.2) is 4.98 Å². The summed E-state index contributed by atoms with van der Waals surface area (Å²) in [4.78, 5) is 4.07. The lowest BCUT2D eigenvalue weighted by Crippen LogP contribution is -1.96. The number of hydrogen-bond acceptors (Lipinski definition) is 2. The van der Waals surface area contributed by atoms with Crippen LogP contribution < -0.4 is 5.73 Å². The van der Waals surface area contributed by atoms with Crippen LogP contribution in [0.3, 0.4) is 0 Å². The molecule has 2 rings (SSSR count). The van der Waals surface area contributed by atoms with Crippen molar-refractivity contribution in [2.75, 3.05) is 5.73 Å². The molecule has 78 valence electrons. The van der Waals surface area contributed by atoms with Crippen LogP contribution >= 0.6 is 27.5 Å². The third-order valence-electron chi connectivity index (χ3n) is 2.20. The molecule has 0 atom stereocenters. The lowest BCUT2D eigenvalue weighted by molar-refractivity contribution is 0.627. The van der Waals surface area contributed by atoms with E-state index in [9.17, 15) is 4.39 Å². The lowest BCUT2D eigenvalue weighted by Gasteiger charge is -2.07. The highest BCUT2D eigenvalue weighted by molar-refractivity contribution is 9.10. The molecule has 0 saturated carbocycles. The quantitative estimate of drug-likeness (QED) is 0.751. The molecule has 0 aliphatic rings. The molecular weight excluding hydrogens is 282 g/mol. The van der Waals surface area contributed by atoms with Crippen LogP contribution in [0.4, 0.5) is 10.1 Å². The number of rotatable bonds is 0. The first-order chi connectivity index (χ1) is 7.02. The Morgan fingerprint density at radius 2 is 2.20 bits per heavy atom. The number of aryl methyl sites for hydroxylation is 1. The minimum atomic E-state index is -0.505. The molecule has 2 aromatic rings. The van der Waals surface area contributed by atoms with Crippen molar-refractivity contribution in [3.8, 4) is 0 Å². The molecule has 2 nitrogen and oxygen atoms in total. The number of halogens is 3. The Balaban J connectivity index is 2.98. The van der Waals surface area contributed by atoms with E-state index >= 15 is 0 Å². The molecule has 15 heavy (non-hydrogen) atoms. The first-order valence-electron chi connectivity index (χ1n) is 4.20. The van der Waals surface area contributed by atoms with Gasteiger partial charge in [0.1, 0.15) is 0 Å². The molecule has 0 fully saturated rings. The molecular formula is C10H7BrClFN2. The standard InChI is InChI=1S/C10H7BrClFN2/c1-4-3-15-10-5(7(4)12)2-6(11)8(13)9(10)14/h2-3H,14H2,1H3. The smallest absolute Gasteiger partial charge is 0.162 e. The van der Waals surface area contributed by atoms with Gasteiger partial charge in [-0.1, -0.05) is 11.6 Å². The van der Waals surface area contributed by atoms with E-state index in [2.05, 4.69) is 20.9 Å². The van der Waals surface area contributed by atoms with E-state index < -0.39 is 5.82 Å². The van der Waals surface area contributed by atoms with Gasteiger partial charge in [0.15, 0.2) is 5.82 Å². The van der Waals surface area contributed by atoms with Crippen molar-refractivity contribution in [2.45, 2.75) is 6.92 Å². The van der Waals surface area contributed by atoms with Gasteiger partial charge < -0.3 is 5.73 Å². The third kappa shape index (κ3) is 1.58. The van der Waals surface area contributed by atoms with E-state index in [-0.39, 0.29) is 5.69 Å². The molecule has 1 aromatic carbocycles. The Morgan fingerprint density at radius 3 is 2.87 bits per heavy atom. The maximum Gasteiger partial charge on any atom is 0.162 e. The van der Waals surface area contributed by atoms with Crippen molar-refractivity contribution in [3.63, 3.8) is 0 Å². The molecule has 0 unspecified atom stereocenters. The van der Waals surface area contributed by atoms with Gasteiger partial charge >= 0.3 is 0 Å². The van der Waals surface area contributed by atoms with Gasteiger partial charge in [0.05, 0.1) is 20.7 Å². The van der Waals surface area contributed by atoms with Crippen molar-refractivity contribution in [1.82, 2.24) is 4.98 Å². The van der Waals surface area contributed by atoms with Crippen LogP contribution in [0, 0.1) is 12.7 Å². The summed E-state index contributed by atoms with van der Waals surface area (Å²) in [5, 5.41) is 1.20. The number of anilines is 1. The van der Waals surface area contributed by atoms with Crippen LogP contribution in [0.25, 0.3) is 10.9 Å². The topological polar surface area (TPSA) is 38.9 Å².